The third-order valence-corrected chi connectivity index (χ3v) is 11.6. The van der Waals surface area contributed by atoms with Crippen LogP contribution in [-0.4, -0.2) is 46.6 Å². The van der Waals surface area contributed by atoms with Crippen LogP contribution in [0.3, 0.4) is 0 Å². The smallest absolute Gasteiger partial charge is 0.141 e. The number of hydrogen-bond donors (Lipinski definition) is 0. The maximum atomic E-state index is 5.17. The zero-order chi connectivity index (χ0) is 37.0. The molecule has 7 aromatic carbocycles. The molecule has 4 heteroatoms. The lowest BCUT2D eigenvalue weighted by Gasteiger charge is -2.28. The van der Waals surface area contributed by atoms with Gasteiger partial charge in [0.15, 0.2) is 0 Å². The van der Waals surface area contributed by atoms with Crippen molar-refractivity contribution in [2.24, 2.45) is 9.98 Å². The lowest BCUT2D eigenvalue weighted by Crippen LogP contribution is -2.30. The van der Waals surface area contributed by atoms with E-state index in [-0.39, 0.29) is 12.3 Å². The molecular weight excluding hydrogens is 681 g/mol. The van der Waals surface area contributed by atoms with Crippen molar-refractivity contribution in [3.8, 4) is 22.3 Å². The summed E-state index contributed by atoms with van der Waals surface area (Å²) in [5.74, 6) is 0. The van der Waals surface area contributed by atoms with Crippen molar-refractivity contribution in [1.29, 1.82) is 0 Å². The Bertz CT molecular complexity index is 2590. The second-order valence-electron chi connectivity index (χ2n) is 14.8. The molecule has 0 spiro atoms. The molecule has 0 amide bonds. The Morgan fingerprint density at radius 1 is 0.357 bits per heavy atom. The highest BCUT2D eigenvalue weighted by Gasteiger charge is 2.31. The minimum absolute atomic E-state index is 0.0225. The summed E-state index contributed by atoms with van der Waals surface area (Å²) in [6.07, 6.45) is 13.1. The highest BCUT2D eigenvalue weighted by Crippen LogP contribution is 2.44. The molecular formula is C52H38N4. The Hall–Kier alpha value is -7.04. The number of rotatable bonds is 6. The summed E-state index contributed by atoms with van der Waals surface area (Å²) in [7, 11) is 0. The summed E-state index contributed by atoms with van der Waals surface area (Å²) in [5, 5.41) is 5.00. The van der Waals surface area contributed by atoms with E-state index in [1.165, 1.54) is 77.4 Å². The van der Waals surface area contributed by atoms with E-state index < -0.39 is 0 Å². The van der Waals surface area contributed by atoms with Crippen LogP contribution in [0.1, 0.15) is 22.3 Å². The second kappa shape index (κ2) is 13.4. The highest BCUT2D eigenvalue weighted by atomic mass is 15.3. The molecule has 0 saturated heterocycles. The van der Waals surface area contributed by atoms with E-state index >= 15 is 0 Å². The standard InChI is InChI=1S/C52H38N4/c1-3-13-37(14-4-1)47-21-11-23-49-53-45(33-55(47)49)35-25-29-39(30-26-35)51-41-17-7-9-19-43(41)52(44-20-10-8-18-42(44)51)40-31-27-36(28-32-40)46-34-56-48(22-12-24-50(56)54-46)38-15-5-2-6-16-38/h1-32,49-50H,33-34H2. The minimum Gasteiger partial charge on any atom is -0.340 e. The van der Waals surface area contributed by atoms with Gasteiger partial charge in [-0.25, -0.2) is 0 Å². The van der Waals surface area contributed by atoms with Crippen LogP contribution >= 0.6 is 0 Å². The first-order chi connectivity index (χ1) is 27.8. The topological polar surface area (TPSA) is 31.2 Å². The van der Waals surface area contributed by atoms with E-state index in [2.05, 4.69) is 204 Å². The van der Waals surface area contributed by atoms with E-state index in [0.717, 1.165) is 24.5 Å². The number of aliphatic imine (C=N–C) groups is 2. The lowest BCUT2D eigenvalue weighted by molar-refractivity contribution is 0.416. The van der Waals surface area contributed by atoms with Gasteiger partial charge in [-0.3, -0.25) is 9.98 Å². The first kappa shape index (κ1) is 32.4. The number of fused-ring (bicyclic) bond motifs is 4. The van der Waals surface area contributed by atoms with E-state index in [1.54, 1.807) is 0 Å². The van der Waals surface area contributed by atoms with Crippen molar-refractivity contribution < 1.29 is 0 Å². The molecule has 4 nitrogen and oxygen atoms in total. The Labute approximate surface area is 327 Å². The van der Waals surface area contributed by atoms with Crippen molar-refractivity contribution in [3.63, 3.8) is 0 Å². The normalized spacial score (nSPS) is 18.4. The van der Waals surface area contributed by atoms with E-state index in [4.69, 9.17) is 9.98 Å². The van der Waals surface area contributed by atoms with Crippen molar-refractivity contribution in [2.75, 3.05) is 13.1 Å². The summed E-state index contributed by atoms with van der Waals surface area (Å²) in [4.78, 5) is 15.1. The van der Waals surface area contributed by atoms with E-state index in [9.17, 15) is 0 Å². The van der Waals surface area contributed by atoms with Gasteiger partial charge < -0.3 is 9.80 Å². The molecule has 2 atom stereocenters. The zero-order valence-corrected chi connectivity index (χ0v) is 30.8. The molecule has 4 aliphatic heterocycles. The van der Waals surface area contributed by atoms with Crippen LogP contribution in [0, 0.1) is 0 Å². The summed E-state index contributed by atoms with van der Waals surface area (Å²) >= 11 is 0. The molecule has 0 N–H and O–H groups in total. The Balaban J connectivity index is 0.916. The molecule has 7 aromatic rings. The van der Waals surface area contributed by atoms with Crippen molar-refractivity contribution in [2.45, 2.75) is 12.3 Å². The molecule has 0 fully saturated rings. The summed E-state index contributed by atoms with van der Waals surface area (Å²) in [6.45, 7) is 1.56. The molecule has 0 aromatic heterocycles. The summed E-state index contributed by atoms with van der Waals surface area (Å²) in [6, 6.07) is 57.2. The quantitative estimate of drug-likeness (QED) is 0.160. The highest BCUT2D eigenvalue weighted by molar-refractivity contribution is 6.21. The SMILES string of the molecule is C1=CC2N=C(c3ccc(-c4c5ccccc5c(-c5ccc(C6=NC7C=CC=C(c8ccccc8)N7C6)cc5)c5ccccc45)cc3)CN2C(c2ccccc2)=C1. The third kappa shape index (κ3) is 5.45. The van der Waals surface area contributed by atoms with Gasteiger partial charge in [0, 0.05) is 11.4 Å². The Kier molecular flexibility index (Phi) is 7.73. The van der Waals surface area contributed by atoms with Gasteiger partial charge >= 0.3 is 0 Å². The van der Waals surface area contributed by atoms with Crippen LogP contribution in [-0.2, 0) is 0 Å². The molecule has 0 saturated carbocycles. The Morgan fingerprint density at radius 2 is 0.696 bits per heavy atom. The predicted molar refractivity (Wildman–Crippen MR) is 234 cm³/mol. The van der Waals surface area contributed by atoms with Gasteiger partial charge in [-0.15, -0.1) is 0 Å². The van der Waals surface area contributed by atoms with E-state index in [0.29, 0.717) is 0 Å². The lowest BCUT2D eigenvalue weighted by atomic mass is 9.85. The summed E-state index contributed by atoms with van der Waals surface area (Å²) < 4.78 is 0. The molecule has 2 unspecified atom stereocenters. The number of hydrogen-bond acceptors (Lipinski definition) is 4. The van der Waals surface area contributed by atoms with Crippen LogP contribution in [0.4, 0.5) is 0 Å². The molecule has 4 heterocycles. The first-order valence-electron chi connectivity index (χ1n) is 19.5. The van der Waals surface area contributed by atoms with Gasteiger partial charge in [-0.2, -0.15) is 0 Å². The second-order valence-corrected chi connectivity index (χ2v) is 14.8. The molecule has 4 aliphatic rings. The third-order valence-electron chi connectivity index (χ3n) is 11.6. The fourth-order valence-corrected chi connectivity index (χ4v) is 8.97. The fourth-order valence-electron chi connectivity index (χ4n) is 8.97. The van der Waals surface area contributed by atoms with Gasteiger partial charge in [0.25, 0.3) is 0 Å². The molecule has 11 rings (SSSR count). The molecule has 0 bridgehead atoms. The van der Waals surface area contributed by atoms with Gasteiger partial charge in [0.2, 0.25) is 0 Å². The number of nitrogens with zero attached hydrogens (tertiary/aromatic N) is 4. The van der Waals surface area contributed by atoms with Crippen LogP contribution in [0.2, 0.25) is 0 Å². The van der Waals surface area contributed by atoms with Gasteiger partial charge in [-0.05, 0) is 90.4 Å². The predicted octanol–water partition coefficient (Wildman–Crippen LogP) is 11.4. The van der Waals surface area contributed by atoms with E-state index in [1.807, 2.05) is 0 Å². The molecule has 266 valence electrons. The van der Waals surface area contributed by atoms with Crippen LogP contribution in [0.5, 0.6) is 0 Å². The monoisotopic (exact) mass is 718 g/mol. The number of benzene rings is 7. The number of allylic oxidation sites excluding steroid dienone is 4. The zero-order valence-electron chi connectivity index (χ0n) is 30.8. The first-order valence-corrected chi connectivity index (χ1v) is 19.5. The van der Waals surface area contributed by atoms with Crippen LogP contribution < -0.4 is 0 Å². The Morgan fingerprint density at radius 3 is 1.07 bits per heavy atom. The molecule has 0 aliphatic carbocycles. The van der Waals surface area contributed by atoms with Crippen molar-refractivity contribution in [3.05, 3.63) is 216 Å². The average molecular weight is 719 g/mol. The minimum atomic E-state index is 0.0225. The maximum absolute atomic E-state index is 5.17. The molecule has 56 heavy (non-hydrogen) atoms. The fraction of sp³-hybridized carbons (Fsp3) is 0.0769. The van der Waals surface area contributed by atoms with Crippen LogP contribution in [0.25, 0.3) is 55.2 Å². The summed E-state index contributed by atoms with van der Waals surface area (Å²) in [5.41, 5.74) is 14.4. The van der Waals surface area contributed by atoms with Gasteiger partial charge in [0.05, 0.1) is 24.5 Å². The van der Waals surface area contributed by atoms with Gasteiger partial charge in [-0.1, -0.05) is 170 Å². The average Bonchev–Trinajstić information content (AvgIpc) is 3.92. The van der Waals surface area contributed by atoms with Gasteiger partial charge in [0.1, 0.15) is 12.3 Å². The maximum Gasteiger partial charge on any atom is 0.141 e. The largest absolute Gasteiger partial charge is 0.340 e. The molecule has 0 radical (unpaired) electrons. The van der Waals surface area contributed by atoms with Crippen LogP contribution in [0.15, 0.2) is 204 Å². The van der Waals surface area contributed by atoms with Crippen molar-refractivity contribution >= 4 is 44.4 Å². The van der Waals surface area contributed by atoms with Crippen molar-refractivity contribution in [1.82, 2.24) is 9.80 Å².